The fourth-order valence-corrected chi connectivity index (χ4v) is 8.94. The fourth-order valence-electron chi connectivity index (χ4n) is 8.94. The number of allylic oxidation sites excluding steroid dienone is 18. The number of unbranched alkanes of at least 4 members (excludes halogenated alkanes) is 30. The smallest absolute Gasteiger partial charge is 0.220 e. The van der Waals surface area contributed by atoms with Crippen molar-refractivity contribution in [3.63, 3.8) is 0 Å². The second kappa shape index (κ2) is 61.4. The maximum atomic E-state index is 12.5. The lowest BCUT2D eigenvalue weighted by atomic mass is 10.0. The first-order chi connectivity index (χ1) is 35.2. The lowest BCUT2D eigenvalue weighted by Gasteiger charge is -2.22. The number of rotatable bonds is 55. The fraction of sp³-hybridized carbons (Fsp3) is 0.716. The molecule has 0 rings (SSSR count). The van der Waals surface area contributed by atoms with Gasteiger partial charge in [-0.3, -0.25) is 4.79 Å². The molecule has 1 amide bonds. The molecule has 4 nitrogen and oxygen atoms in total. The van der Waals surface area contributed by atoms with Gasteiger partial charge in [-0.05, 0) is 83.5 Å². The van der Waals surface area contributed by atoms with Gasteiger partial charge in [0.05, 0.1) is 18.8 Å². The van der Waals surface area contributed by atoms with E-state index in [0.717, 1.165) is 96.3 Å². The van der Waals surface area contributed by atoms with Crippen LogP contribution in [-0.4, -0.2) is 34.9 Å². The standard InChI is InChI=1S/C67H117NO3/c1-3-5-7-9-11-13-15-17-19-21-23-25-27-29-31-33-34-35-37-39-41-43-45-47-49-51-53-55-57-59-61-63-67(71)68-65(64-69)66(70)62-60-58-56-54-52-50-48-46-44-42-40-38-36-32-30-28-26-24-22-20-18-16-14-12-10-8-6-4-2/h5,7,11,13,17,19,23,25,29,31,34-35,39,41,45,47,51,53,65-66,69-70H,3-4,6,8-10,12,14-16,18,20-22,24,26-28,30,32-33,36-38,40,42-44,46,48-50,52,54-64H2,1-2H3,(H,68,71)/b7-5-,13-11-,19-17-,25-23-,31-29-,35-34-,41-39-,47-45-,53-51-. The zero-order valence-electron chi connectivity index (χ0n) is 47.0. The maximum Gasteiger partial charge on any atom is 0.220 e. The first kappa shape index (κ1) is 68.0. The van der Waals surface area contributed by atoms with Crippen molar-refractivity contribution >= 4 is 5.91 Å². The van der Waals surface area contributed by atoms with Crippen LogP contribution in [0.25, 0.3) is 0 Å². The highest BCUT2D eigenvalue weighted by Gasteiger charge is 2.20. The molecule has 408 valence electrons. The third kappa shape index (κ3) is 57.8. The SMILES string of the molecule is CC/C=C\C/C=C\C/C=C\C/C=C\C/C=C\C/C=C\C/C=C\C/C=C\C/C=C\CCCCCC(=O)NC(CO)C(O)CCCCCCCCCCCCCCCCCCCCCCCCCCCCCC. The quantitative estimate of drug-likeness (QED) is 0.0420. The van der Waals surface area contributed by atoms with Gasteiger partial charge in [0.2, 0.25) is 5.91 Å². The van der Waals surface area contributed by atoms with Gasteiger partial charge in [0.15, 0.2) is 0 Å². The summed E-state index contributed by atoms with van der Waals surface area (Å²) in [4.78, 5) is 12.5. The molecule has 0 aromatic heterocycles. The molecule has 0 aromatic carbocycles. The zero-order chi connectivity index (χ0) is 51.3. The van der Waals surface area contributed by atoms with Gasteiger partial charge >= 0.3 is 0 Å². The van der Waals surface area contributed by atoms with E-state index >= 15 is 0 Å². The van der Waals surface area contributed by atoms with Gasteiger partial charge < -0.3 is 15.5 Å². The lowest BCUT2D eigenvalue weighted by molar-refractivity contribution is -0.123. The topological polar surface area (TPSA) is 69.6 Å². The summed E-state index contributed by atoms with van der Waals surface area (Å²) < 4.78 is 0. The lowest BCUT2D eigenvalue weighted by Crippen LogP contribution is -2.45. The predicted octanol–water partition coefficient (Wildman–Crippen LogP) is 20.6. The zero-order valence-corrected chi connectivity index (χ0v) is 47.0. The number of nitrogens with one attached hydrogen (secondary N) is 1. The second-order valence-corrected chi connectivity index (χ2v) is 20.4. The van der Waals surface area contributed by atoms with E-state index in [1.807, 2.05) is 0 Å². The summed E-state index contributed by atoms with van der Waals surface area (Å²) >= 11 is 0. The minimum atomic E-state index is -0.684. The summed E-state index contributed by atoms with van der Waals surface area (Å²) in [6.45, 7) is 4.25. The molecule has 4 heteroatoms. The number of aliphatic hydroxyl groups is 2. The van der Waals surface area contributed by atoms with E-state index in [2.05, 4.69) is 129 Å². The monoisotopic (exact) mass is 984 g/mol. The normalized spacial score (nSPS) is 13.6. The Bertz CT molecular complexity index is 1350. The van der Waals surface area contributed by atoms with Crippen molar-refractivity contribution in [3.8, 4) is 0 Å². The number of hydrogen-bond donors (Lipinski definition) is 3. The molecule has 2 atom stereocenters. The van der Waals surface area contributed by atoms with Gasteiger partial charge in [-0.1, -0.05) is 309 Å². The van der Waals surface area contributed by atoms with Crippen molar-refractivity contribution in [2.24, 2.45) is 0 Å². The molecule has 0 aliphatic rings. The van der Waals surface area contributed by atoms with Gasteiger partial charge in [-0.25, -0.2) is 0 Å². The summed E-state index contributed by atoms with van der Waals surface area (Å²) in [6.07, 6.45) is 92.3. The summed E-state index contributed by atoms with van der Waals surface area (Å²) in [5, 5.41) is 23.4. The molecule has 0 aliphatic heterocycles. The van der Waals surface area contributed by atoms with Crippen LogP contribution in [0.2, 0.25) is 0 Å². The van der Waals surface area contributed by atoms with Gasteiger partial charge in [-0.15, -0.1) is 0 Å². The Labute approximate surface area is 442 Å². The van der Waals surface area contributed by atoms with E-state index in [-0.39, 0.29) is 12.5 Å². The molecule has 3 N–H and O–H groups in total. The number of aliphatic hydroxyl groups excluding tert-OH is 2. The molecule has 2 unspecified atom stereocenters. The molecule has 0 heterocycles. The first-order valence-corrected chi connectivity index (χ1v) is 30.6. The third-order valence-electron chi connectivity index (χ3n) is 13.5. The summed E-state index contributed by atoms with van der Waals surface area (Å²) in [6, 6.07) is -0.564. The second-order valence-electron chi connectivity index (χ2n) is 20.4. The molecule has 0 fully saturated rings. The molecule has 0 aliphatic carbocycles. The Hall–Kier alpha value is -2.95. The molecular formula is C67H117NO3. The van der Waals surface area contributed by atoms with Crippen LogP contribution in [0.5, 0.6) is 0 Å². The highest BCUT2D eigenvalue weighted by molar-refractivity contribution is 5.76. The Balaban J connectivity index is 3.58. The number of carbonyl (C=O) groups excluding carboxylic acids is 1. The van der Waals surface area contributed by atoms with Crippen LogP contribution in [0, 0.1) is 0 Å². The van der Waals surface area contributed by atoms with Crippen molar-refractivity contribution in [2.75, 3.05) is 6.61 Å². The van der Waals surface area contributed by atoms with Crippen LogP contribution in [-0.2, 0) is 4.79 Å². The molecule has 0 aromatic rings. The molecule has 0 radical (unpaired) electrons. The predicted molar refractivity (Wildman–Crippen MR) is 317 cm³/mol. The highest BCUT2D eigenvalue weighted by atomic mass is 16.3. The molecule has 0 saturated heterocycles. The van der Waals surface area contributed by atoms with Crippen LogP contribution < -0.4 is 5.32 Å². The maximum absolute atomic E-state index is 12.5. The van der Waals surface area contributed by atoms with Crippen LogP contribution in [0.1, 0.15) is 290 Å². The third-order valence-corrected chi connectivity index (χ3v) is 13.5. The minimum Gasteiger partial charge on any atom is -0.394 e. The van der Waals surface area contributed by atoms with Crippen molar-refractivity contribution in [1.29, 1.82) is 0 Å². The van der Waals surface area contributed by atoms with Gasteiger partial charge in [0, 0.05) is 6.42 Å². The van der Waals surface area contributed by atoms with E-state index in [0.29, 0.717) is 12.8 Å². The number of hydrogen-bond acceptors (Lipinski definition) is 3. The van der Waals surface area contributed by atoms with Crippen molar-refractivity contribution in [1.82, 2.24) is 5.32 Å². The minimum absolute atomic E-state index is 0.0643. The van der Waals surface area contributed by atoms with Crippen molar-refractivity contribution in [2.45, 2.75) is 302 Å². The van der Waals surface area contributed by atoms with Crippen molar-refractivity contribution < 1.29 is 15.0 Å². The van der Waals surface area contributed by atoms with E-state index < -0.39 is 12.1 Å². The Morgan fingerprint density at radius 1 is 0.352 bits per heavy atom. The van der Waals surface area contributed by atoms with E-state index in [4.69, 9.17) is 0 Å². The first-order valence-electron chi connectivity index (χ1n) is 30.6. The van der Waals surface area contributed by atoms with Gasteiger partial charge in [-0.2, -0.15) is 0 Å². The van der Waals surface area contributed by atoms with Gasteiger partial charge in [0.1, 0.15) is 0 Å². The highest BCUT2D eigenvalue weighted by Crippen LogP contribution is 2.17. The number of amides is 1. The van der Waals surface area contributed by atoms with Crippen LogP contribution in [0.4, 0.5) is 0 Å². The summed E-state index contributed by atoms with van der Waals surface area (Å²) in [5.74, 6) is -0.0643. The molecule has 0 saturated carbocycles. The molecule has 0 bridgehead atoms. The molecule has 71 heavy (non-hydrogen) atoms. The van der Waals surface area contributed by atoms with Crippen LogP contribution >= 0.6 is 0 Å². The van der Waals surface area contributed by atoms with E-state index in [1.54, 1.807) is 0 Å². The average molecular weight is 985 g/mol. The van der Waals surface area contributed by atoms with E-state index in [9.17, 15) is 15.0 Å². The largest absolute Gasteiger partial charge is 0.394 e. The van der Waals surface area contributed by atoms with Crippen molar-refractivity contribution in [3.05, 3.63) is 109 Å². The molecular weight excluding hydrogens is 867 g/mol. The van der Waals surface area contributed by atoms with Crippen LogP contribution in [0.15, 0.2) is 109 Å². The van der Waals surface area contributed by atoms with E-state index in [1.165, 1.54) is 167 Å². The average Bonchev–Trinajstić information content (AvgIpc) is 3.37. The summed E-state index contributed by atoms with van der Waals surface area (Å²) in [7, 11) is 0. The Morgan fingerprint density at radius 2 is 0.620 bits per heavy atom. The Kier molecular flexibility index (Phi) is 58.8. The molecule has 0 spiro atoms. The van der Waals surface area contributed by atoms with Gasteiger partial charge in [0.25, 0.3) is 0 Å². The Morgan fingerprint density at radius 3 is 0.915 bits per heavy atom. The number of carbonyl (C=O) groups is 1. The summed E-state index contributed by atoms with van der Waals surface area (Å²) in [5.41, 5.74) is 0. The van der Waals surface area contributed by atoms with Crippen LogP contribution in [0.3, 0.4) is 0 Å².